The number of hydrogen-bond acceptors (Lipinski definition) is 3. The van der Waals surface area contributed by atoms with Gasteiger partial charge in [-0.25, -0.2) is 21.9 Å². The summed E-state index contributed by atoms with van der Waals surface area (Å²) >= 11 is 5.43. The molecule has 0 aliphatic rings. The van der Waals surface area contributed by atoms with Crippen LogP contribution >= 0.6 is 11.6 Å². The van der Waals surface area contributed by atoms with E-state index in [-0.39, 0.29) is 5.69 Å². The molecule has 1 heterocycles. The first-order chi connectivity index (χ1) is 13.2. The maximum Gasteiger partial charge on any atom is 0.390 e. The number of nitrogens with one attached hydrogen (secondary N) is 2. The third-order valence-electron chi connectivity index (χ3n) is 3.70. The number of benzene rings is 1. The van der Waals surface area contributed by atoms with Crippen molar-refractivity contribution >= 4 is 33.2 Å². The summed E-state index contributed by atoms with van der Waals surface area (Å²) in [5.74, 6) is -3.20. The van der Waals surface area contributed by atoms with E-state index >= 15 is 0 Å². The maximum absolute atomic E-state index is 13.9. The average molecular weight is 460 g/mol. The van der Waals surface area contributed by atoms with Gasteiger partial charge < -0.3 is 9.88 Å². The van der Waals surface area contributed by atoms with Gasteiger partial charge in [0.25, 0.3) is 5.91 Å². The van der Waals surface area contributed by atoms with Crippen LogP contribution in [0.1, 0.15) is 23.8 Å². The van der Waals surface area contributed by atoms with Gasteiger partial charge in [0.15, 0.2) is 5.82 Å². The number of carbonyl (C=O) groups excluding carboxylic acids is 1. The Bertz CT molecular complexity index is 1040. The van der Waals surface area contributed by atoms with Gasteiger partial charge in [-0.2, -0.15) is 13.2 Å². The van der Waals surface area contributed by atoms with E-state index in [2.05, 4.69) is 5.32 Å². The predicted octanol–water partition coefficient (Wildman–Crippen LogP) is 3.83. The molecule has 0 aliphatic heterocycles. The molecule has 0 fully saturated rings. The predicted molar refractivity (Wildman–Crippen MR) is 95.2 cm³/mol. The molecule has 0 bridgehead atoms. The molecule has 0 spiro atoms. The second kappa shape index (κ2) is 8.28. The van der Waals surface area contributed by atoms with Gasteiger partial charge in [0, 0.05) is 19.3 Å². The van der Waals surface area contributed by atoms with Crippen LogP contribution in [-0.2, 0) is 17.1 Å². The number of aryl methyl sites for hydroxylation is 1. The lowest BCUT2D eigenvalue weighted by molar-refractivity contribution is -0.137. The third kappa shape index (κ3) is 5.67. The topological polar surface area (TPSA) is 80.2 Å². The lowest BCUT2D eigenvalue weighted by Gasteiger charge is -2.15. The molecule has 1 aromatic carbocycles. The van der Waals surface area contributed by atoms with E-state index < -0.39 is 61.8 Å². The Hall–Kier alpha value is -2.18. The van der Waals surface area contributed by atoms with E-state index in [1.807, 2.05) is 4.72 Å². The zero-order valence-corrected chi connectivity index (χ0v) is 16.5. The Kier molecular flexibility index (Phi) is 6.60. The first-order valence-corrected chi connectivity index (χ1v) is 9.77. The summed E-state index contributed by atoms with van der Waals surface area (Å²) in [7, 11) is -3.05. The molecule has 0 radical (unpaired) electrons. The van der Waals surface area contributed by atoms with Crippen molar-refractivity contribution in [2.24, 2.45) is 7.05 Å². The Morgan fingerprint density at radius 3 is 2.48 bits per heavy atom. The Morgan fingerprint density at radius 1 is 1.28 bits per heavy atom. The van der Waals surface area contributed by atoms with Crippen molar-refractivity contribution in [3.05, 3.63) is 46.7 Å². The molecule has 1 aromatic heterocycles. The van der Waals surface area contributed by atoms with Crippen LogP contribution in [0.3, 0.4) is 0 Å². The van der Waals surface area contributed by atoms with E-state index in [0.717, 1.165) is 35.9 Å². The van der Waals surface area contributed by atoms with Gasteiger partial charge in [-0.1, -0.05) is 11.6 Å². The van der Waals surface area contributed by atoms with Crippen molar-refractivity contribution in [1.82, 2.24) is 9.29 Å². The first-order valence-electron chi connectivity index (χ1n) is 7.91. The number of sulfonamides is 1. The maximum atomic E-state index is 13.9. The summed E-state index contributed by atoms with van der Waals surface area (Å²) in [6, 6.07) is 1.22. The van der Waals surface area contributed by atoms with Gasteiger partial charge >= 0.3 is 6.18 Å². The number of nitrogens with zero attached hydrogens (tertiary/aromatic N) is 1. The molecule has 0 saturated carbocycles. The van der Waals surface area contributed by atoms with Crippen LogP contribution in [0, 0.1) is 11.6 Å². The van der Waals surface area contributed by atoms with Crippen LogP contribution in [0.15, 0.2) is 29.3 Å². The minimum Gasteiger partial charge on any atom is -0.345 e. The Balaban J connectivity index is 2.23. The molecule has 2 N–H and O–H groups in total. The average Bonchev–Trinajstić information content (AvgIpc) is 2.96. The summed E-state index contributed by atoms with van der Waals surface area (Å²) < 4.78 is 91.8. The van der Waals surface area contributed by atoms with Crippen LogP contribution in [0.25, 0.3) is 0 Å². The fourth-order valence-electron chi connectivity index (χ4n) is 2.44. The fraction of sp³-hybridized carbons (Fsp3) is 0.312. The highest BCUT2D eigenvalue weighted by Crippen LogP contribution is 2.26. The number of rotatable bonds is 6. The van der Waals surface area contributed by atoms with E-state index in [1.54, 1.807) is 0 Å². The fourth-order valence-corrected chi connectivity index (χ4v) is 3.92. The normalized spacial score (nSPS) is 13.4. The summed E-state index contributed by atoms with van der Waals surface area (Å²) in [5, 5.41) is 1.29. The zero-order chi connectivity index (χ0) is 22.1. The van der Waals surface area contributed by atoms with Crippen LogP contribution in [0.5, 0.6) is 0 Å². The molecule has 6 nitrogen and oxygen atoms in total. The molecule has 160 valence electrons. The van der Waals surface area contributed by atoms with Crippen LogP contribution in [0.2, 0.25) is 5.02 Å². The molecule has 29 heavy (non-hydrogen) atoms. The lowest BCUT2D eigenvalue weighted by atomic mass is 10.2. The molecule has 2 aromatic rings. The van der Waals surface area contributed by atoms with Crippen LogP contribution in [-0.4, -0.2) is 31.1 Å². The van der Waals surface area contributed by atoms with Gasteiger partial charge in [0.05, 0.1) is 12.1 Å². The van der Waals surface area contributed by atoms with E-state index in [1.165, 1.54) is 7.05 Å². The number of alkyl halides is 3. The summed E-state index contributed by atoms with van der Waals surface area (Å²) in [4.78, 5) is 11.9. The largest absolute Gasteiger partial charge is 0.390 e. The minimum absolute atomic E-state index is 0.242. The van der Waals surface area contributed by atoms with Gasteiger partial charge in [-0.05, 0) is 25.1 Å². The number of halogens is 6. The van der Waals surface area contributed by atoms with Crippen molar-refractivity contribution in [2.45, 2.75) is 30.5 Å². The molecule has 13 heteroatoms. The van der Waals surface area contributed by atoms with Gasteiger partial charge in [-0.15, -0.1) is 0 Å². The van der Waals surface area contributed by atoms with Crippen LogP contribution in [0.4, 0.5) is 27.6 Å². The summed E-state index contributed by atoms with van der Waals surface area (Å²) in [6.07, 6.45) is -4.94. The van der Waals surface area contributed by atoms with Gasteiger partial charge in [-0.3, -0.25) is 4.79 Å². The van der Waals surface area contributed by atoms with Gasteiger partial charge in [0.1, 0.15) is 21.4 Å². The first kappa shape index (κ1) is 23.1. The van der Waals surface area contributed by atoms with Crippen LogP contribution < -0.4 is 10.0 Å². The summed E-state index contributed by atoms with van der Waals surface area (Å²) in [6.45, 7) is 1.04. The molecule has 1 atom stereocenters. The van der Waals surface area contributed by atoms with Crippen molar-refractivity contribution in [3.63, 3.8) is 0 Å². The monoisotopic (exact) mass is 459 g/mol. The Labute approximate surface area is 167 Å². The number of hydrogen-bond donors (Lipinski definition) is 2. The van der Waals surface area contributed by atoms with E-state index in [4.69, 9.17) is 11.6 Å². The standard InChI is InChI=1S/C16H15ClF5N3O3S/c1-8(6-16(20,21)22)24-29(27,28)9-5-12(25(2)7-9)15(26)23-11-4-3-10(18)13(17)14(11)19/h3-5,7-8,24H,6H2,1-2H3,(H,23,26). The van der Waals surface area contributed by atoms with Crippen molar-refractivity contribution in [1.29, 1.82) is 0 Å². The number of anilines is 1. The molecule has 1 unspecified atom stereocenters. The highest BCUT2D eigenvalue weighted by molar-refractivity contribution is 7.89. The zero-order valence-electron chi connectivity index (χ0n) is 14.9. The summed E-state index contributed by atoms with van der Waals surface area (Å²) in [5.41, 5.74) is -0.683. The SMILES string of the molecule is CC(CC(F)(F)F)NS(=O)(=O)c1cc(C(=O)Nc2ccc(F)c(Cl)c2F)n(C)c1. The second-order valence-electron chi connectivity index (χ2n) is 6.19. The number of aromatic nitrogens is 1. The second-order valence-corrected chi connectivity index (χ2v) is 8.28. The van der Waals surface area contributed by atoms with Crippen molar-refractivity contribution in [2.75, 3.05) is 5.32 Å². The molecule has 0 aliphatic carbocycles. The Morgan fingerprint density at radius 2 is 1.90 bits per heavy atom. The lowest BCUT2D eigenvalue weighted by Crippen LogP contribution is -2.35. The van der Waals surface area contributed by atoms with E-state index in [9.17, 15) is 35.2 Å². The highest BCUT2D eigenvalue weighted by Gasteiger charge is 2.32. The minimum atomic E-state index is -4.57. The quantitative estimate of drug-likeness (QED) is 0.509. The van der Waals surface area contributed by atoms with Gasteiger partial charge in [0.2, 0.25) is 10.0 Å². The smallest absolute Gasteiger partial charge is 0.345 e. The number of carbonyl (C=O) groups is 1. The third-order valence-corrected chi connectivity index (χ3v) is 5.60. The molecule has 2 rings (SSSR count). The molecular formula is C16H15ClF5N3O3S. The van der Waals surface area contributed by atoms with Crippen molar-refractivity contribution in [3.8, 4) is 0 Å². The van der Waals surface area contributed by atoms with E-state index in [0.29, 0.717) is 0 Å². The van der Waals surface area contributed by atoms with Crippen molar-refractivity contribution < 1.29 is 35.2 Å². The highest BCUT2D eigenvalue weighted by atomic mass is 35.5. The molecular weight excluding hydrogens is 445 g/mol. The number of amides is 1. The molecule has 1 amide bonds. The molecule has 0 saturated heterocycles.